The van der Waals surface area contributed by atoms with Gasteiger partial charge >= 0.3 is 0 Å². The highest BCUT2D eigenvalue weighted by molar-refractivity contribution is 7.98. The monoisotopic (exact) mass is 446 g/mol. The van der Waals surface area contributed by atoms with Gasteiger partial charge in [0.25, 0.3) is 0 Å². The molecule has 8 heteroatoms. The van der Waals surface area contributed by atoms with Gasteiger partial charge in [-0.3, -0.25) is 4.79 Å². The number of halogens is 1. The van der Waals surface area contributed by atoms with Crippen molar-refractivity contribution < 1.29 is 13.9 Å². The third-order valence-corrected chi connectivity index (χ3v) is 7.29. The van der Waals surface area contributed by atoms with Gasteiger partial charge in [-0.25, -0.2) is 4.39 Å². The molecule has 2 aromatic rings. The quantitative estimate of drug-likeness (QED) is 0.489. The smallest absolute Gasteiger partial charge is 0.230 e. The van der Waals surface area contributed by atoms with E-state index in [1.165, 1.54) is 37.8 Å². The van der Waals surface area contributed by atoms with Gasteiger partial charge in [-0.15, -0.1) is 10.2 Å². The van der Waals surface area contributed by atoms with Crippen LogP contribution >= 0.6 is 11.8 Å². The Hall–Kier alpha value is -1.93. The van der Waals surface area contributed by atoms with Crippen LogP contribution in [0.1, 0.15) is 62.4 Å². The molecule has 2 fully saturated rings. The number of nitrogens with one attached hydrogen (secondary N) is 1. The number of rotatable bonds is 8. The number of amides is 1. The van der Waals surface area contributed by atoms with E-state index in [0.717, 1.165) is 29.4 Å². The standard InChI is InChI=1S/C23H31FN4O2S/c1-31-22-27-26-20(28(22)19-5-2-3-6-19)7-4-14-25-21(29)23(12-15-30-16-13-23)17-8-10-18(24)11-9-17/h8-11,19H,2-7,12-16H2,1H3,(H,25,29). The molecule has 6 nitrogen and oxygen atoms in total. The molecular weight excluding hydrogens is 415 g/mol. The minimum Gasteiger partial charge on any atom is -0.381 e. The Kier molecular flexibility index (Phi) is 7.27. The molecule has 1 aliphatic carbocycles. The van der Waals surface area contributed by atoms with Gasteiger partial charge < -0.3 is 14.6 Å². The Morgan fingerprint density at radius 2 is 1.94 bits per heavy atom. The van der Waals surface area contributed by atoms with Crippen LogP contribution in [-0.2, 0) is 21.4 Å². The second-order valence-corrected chi connectivity index (χ2v) is 9.25. The summed E-state index contributed by atoms with van der Waals surface area (Å²) in [6, 6.07) is 6.83. The average molecular weight is 447 g/mol. The van der Waals surface area contributed by atoms with Gasteiger partial charge in [0.2, 0.25) is 5.91 Å². The van der Waals surface area contributed by atoms with Crippen LogP contribution in [0.25, 0.3) is 0 Å². The van der Waals surface area contributed by atoms with E-state index in [1.54, 1.807) is 23.9 Å². The summed E-state index contributed by atoms with van der Waals surface area (Å²) >= 11 is 1.65. The fraction of sp³-hybridized carbons (Fsp3) is 0.609. The normalized spacial score (nSPS) is 18.9. The highest BCUT2D eigenvalue weighted by Crippen LogP contribution is 2.36. The molecule has 0 spiro atoms. The fourth-order valence-corrected chi connectivity index (χ4v) is 5.47. The van der Waals surface area contributed by atoms with E-state index in [9.17, 15) is 9.18 Å². The van der Waals surface area contributed by atoms with Crippen LogP contribution in [0.5, 0.6) is 0 Å². The molecule has 0 atom stereocenters. The molecule has 4 rings (SSSR count). The van der Waals surface area contributed by atoms with Crippen molar-refractivity contribution in [2.75, 3.05) is 26.0 Å². The Bertz CT molecular complexity index is 874. The number of hydrogen-bond donors (Lipinski definition) is 1. The highest BCUT2D eigenvalue weighted by Gasteiger charge is 2.41. The van der Waals surface area contributed by atoms with E-state index in [0.29, 0.717) is 38.6 Å². The molecule has 1 aromatic carbocycles. The van der Waals surface area contributed by atoms with Gasteiger partial charge in [-0.05, 0) is 56.1 Å². The molecule has 168 valence electrons. The summed E-state index contributed by atoms with van der Waals surface area (Å²) in [6.07, 6.45) is 9.77. The van der Waals surface area contributed by atoms with Crippen LogP contribution in [0.3, 0.4) is 0 Å². The Balaban J connectivity index is 1.38. The second-order valence-electron chi connectivity index (χ2n) is 8.47. The lowest BCUT2D eigenvalue weighted by Crippen LogP contribution is -2.48. The third kappa shape index (κ3) is 4.80. The molecule has 1 saturated heterocycles. The Morgan fingerprint density at radius 1 is 1.23 bits per heavy atom. The van der Waals surface area contributed by atoms with E-state index in [-0.39, 0.29) is 11.7 Å². The number of aryl methyl sites for hydroxylation is 1. The SMILES string of the molecule is CSc1nnc(CCCNC(=O)C2(c3ccc(F)cc3)CCOCC2)n1C1CCCC1. The van der Waals surface area contributed by atoms with Gasteiger partial charge in [0.1, 0.15) is 11.6 Å². The van der Waals surface area contributed by atoms with Crippen LogP contribution < -0.4 is 5.32 Å². The third-order valence-electron chi connectivity index (χ3n) is 6.65. The van der Waals surface area contributed by atoms with Crippen molar-refractivity contribution in [2.45, 2.75) is 68.0 Å². The number of carbonyl (C=O) groups excluding carboxylic acids is 1. The predicted octanol–water partition coefficient (Wildman–Crippen LogP) is 4.05. The van der Waals surface area contributed by atoms with E-state index in [2.05, 4.69) is 20.1 Å². The van der Waals surface area contributed by atoms with Crippen molar-refractivity contribution in [1.82, 2.24) is 20.1 Å². The molecule has 1 aliphatic heterocycles. The Labute approximate surface area is 187 Å². The van der Waals surface area contributed by atoms with Crippen molar-refractivity contribution in [3.8, 4) is 0 Å². The lowest BCUT2D eigenvalue weighted by Gasteiger charge is -2.36. The number of aromatic nitrogens is 3. The molecular formula is C23H31FN4O2S. The summed E-state index contributed by atoms with van der Waals surface area (Å²) in [5.41, 5.74) is 0.210. The summed E-state index contributed by atoms with van der Waals surface area (Å²) in [7, 11) is 0. The lowest BCUT2D eigenvalue weighted by atomic mass is 9.73. The topological polar surface area (TPSA) is 69.0 Å². The molecule has 1 N–H and O–H groups in total. The zero-order valence-electron chi connectivity index (χ0n) is 18.1. The molecule has 1 amide bonds. The molecule has 1 aromatic heterocycles. The van der Waals surface area contributed by atoms with Crippen LogP contribution in [0.4, 0.5) is 4.39 Å². The first kappa shape index (κ1) is 22.3. The maximum Gasteiger partial charge on any atom is 0.230 e. The van der Waals surface area contributed by atoms with Gasteiger partial charge in [0.05, 0.1) is 5.41 Å². The van der Waals surface area contributed by atoms with E-state index in [4.69, 9.17) is 4.74 Å². The molecule has 1 saturated carbocycles. The van der Waals surface area contributed by atoms with Crippen molar-refractivity contribution in [3.05, 3.63) is 41.5 Å². The first-order valence-electron chi connectivity index (χ1n) is 11.2. The number of thioether (sulfide) groups is 1. The fourth-order valence-electron chi connectivity index (χ4n) is 4.90. The first-order chi connectivity index (χ1) is 15.1. The number of nitrogens with zero attached hydrogens (tertiary/aromatic N) is 3. The van der Waals surface area contributed by atoms with Crippen LogP contribution in [0, 0.1) is 5.82 Å². The molecule has 2 aliphatic rings. The van der Waals surface area contributed by atoms with E-state index < -0.39 is 5.41 Å². The molecule has 2 heterocycles. The maximum atomic E-state index is 13.4. The van der Waals surface area contributed by atoms with Gasteiger partial charge in [0.15, 0.2) is 5.16 Å². The minimum absolute atomic E-state index is 0.00414. The van der Waals surface area contributed by atoms with E-state index in [1.807, 2.05) is 6.26 Å². The number of hydrogen-bond acceptors (Lipinski definition) is 5. The van der Waals surface area contributed by atoms with Crippen molar-refractivity contribution in [1.29, 1.82) is 0 Å². The van der Waals surface area contributed by atoms with Crippen molar-refractivity contribution in [3.63, 3.8) is 0 Å². The number of ether oxygens (including phenoxy) is 1. The molecule has 0 bridgehead atoms. The molecule has 0 radical (unpaired) electrons. The summed E-state index contributed by atoms with van der Waals surface area (Å²) in [5, 5.41) is 12.9. The number of carbonyl (C=O) groups is 1. The molecule has 0 unspecified atom stereocenters. The molecule has 31 heavy (non-hydrogen) atoms. The summed E-state index contributed by atoms with van der Waals surface area (Å²) in [4.78, 5) is 13.2. The maximum absolute atomic E-state index is 13.4. The van der Waals surface area contributed by atoms with E-state index >= 15 is 0 Å². The summed E-state index contributed by atoms with van der Waals surface area (Å²) in [5.74, 6) is 0.733. The second kappa shape index (κ2) is 10.1. The van der Waals surface area contributed by atoms with Crippen molar-refractivity contribution in [2.24, 2.45) is 0 Å². The largest absolute Gasteiger partial charge is 0.381 e. The van der Waals surface area contributed by atoms with Gasteiger partial charge in [-0.1, -0.05) is 36.7 Å². The number of benzene rings is 1. The highest BCUT2D eigenvalue weighted by atomic mass is 32.2. The lowest BCUT2D eigenvalue weighted by molar-refractivity contribution is -0.130. The first-order valence-corrected chi connectivity index (χ1v) is 12.5. The van der Waals surface area contributed by atoms with Gasteiger partial charge in [0, 0.05) is 32.2 Å². The van der Waals surface area contributed by atoms with Crippen LogP contribution in [0.2, 0.25) is 0 Å². The Morgan fingerprint density at radius 3 is 2.61 bits per heavy atom. The van der Waals surface area contributed by atoms with Crippen LogP contribution in [-0.4, -0.2) is 46.7 Å². The van der Waals surface area contributed by atoms with Crippen molar-refractivity contribution >= 4 is 17.7 Å². The average Bonchev–Trinajstić information content (AvgIpc) is 3.47. The minimum atomic E-state index is -0.651. The zero-order valence-corrected chi connectivity index (χ0v) is 18.9. The van der Waals surface area contributed by atoms with Gasteiger partial charge in [-0.2, -0.15) is 0 Å². The predicted molar refractivity (Wildman–Crippen MR) is 119 cm³/mol. The summed E-state index contributed by atoms with van der Waals surface area (Å²) < 4.78 is 21.2. The van der Waals surface area contributed by atoms with Crippen LogP contribution in [0.15, 0.2) is 29.4 Å². The zero-order chi connectivity index (χ0) is 21.7. The summed E-state index contributed by atoms with van der Waals surface area (Å²) in [6.45, 7) is 1.65.